The highest BCUT2D eigenvalue weighted by Gasteiger charge is 2.41. The van der Waals surface area contributed by atoms with E-state index in [1.165, 1.54) is 18.2 Å². The molecule has 0 saturated heterocycles. The van der Waals surface area contributed by atoms with Crippen LogP contribution in [0.25, 0.3) is 0 Å². The van der Waals surface area contributed by atoms with Crippen molar-refractivity contribution in [2.75, 3.05) is 11.9 Å². The fraction of sp³-hybridized carbons (Fsp3) is 0.125. The molecule has 1 N–H and O–H groups in total. The predicted molar refractivity (Wildman–Crippen MR) is 92.2 cm³/mol. The number of anilines is 1. The molecule has 0 aliphatic carbocycles. The second-order valence-electron chi connectivity index (χ2n) is 5.33. The van der Waals surface area contributed by atoms with Crippen LogP contribution in [0, 0.1) is 6.92 Å². The Kier molecular flexibility index (Phi) is 4.18. The largest absolute Gasteiger partial charge is 0.325 e. The Hall–Kier alpha value is -2.19. The van der Waals surface area contributed by atoms with E-state index in [9.17, 15) is 18.0 Å². The fourth-order valence-electron chi connectivity index (χ4n) is 2.44. The molecular weight excluding hydrogens is 396 g/mol. The van der Waals surface area contributed by atoms with Gasteiger partial charge in [-0.15, -0.1) is 0 Å². The van der Waals surface area contributed by atoms with E-state index in [-0.39, 0.29) is 10.5 Å². The highest BCUT2D eigenvalue weighted by atomic mass is 79.9. The van der Waals surface area contributed by atoms with E-state index < -0.39 is 28.4 Å². The normalized spacial score (nSPS) is 15.2. The number of nitrogens with one attached hydrogen (secondary N) is 1. The Balaban J connectivity index is 1.80. The Labute approximate surface area is 147 Å². The molecule has 2 aromatic carbocycles. The molecule has 8 heteroatoms. The molecular formula is C16H13BrN2O4S. The lowest BCUT2D eigenvalue weighted by Crippen LogP contribution is -2.37. The summed E-state index contributed by atoms with van der Waals surface area (Å²) in [4.78, 5) is 24.4. The molecule has 0 aromatic heterocycles. The highest BCUT2D eigenvalue weighted by molar-refractivity contribution is 9.10. The Morgan fingerprint density at radius 2 is 1.92 bits per heavy atom. The topological polar surface area (TPSA) is 83.6 Å². The van der Waals surface area contributed by atoms with Gasteiger partial charge in [0, 0.05) is 10.2 Å². The molecule has 0 saturated carbocycles. The highest BCUT2D eigenvalue weighted by Crippen LogP contribution is 2.29. The molecule has 0 bridgehead atoms. The molecule has 0 spiro atoms. The SMILES string of the molecule is Cc1cc(NC(=O)CN2C(=O)c3ccccc3S2(=O)=O)ccc1Br. The van der Waals surface area contributed by atoms with E-state index in [1.807, 2.05) is 6.92 Å². The summed E-state index contributed by atoms with van der Waals surface area (Å²) in [6.45, 7) is 1.30. The number of carbonyl (C=O) groups is 2. The molecule has 2 aromatic rings. The van der Waals surface area contributed by atoms with E-state index in [1.54, 1.807) is 24.3 Å². The summed E-state index contributed by atoms with van der Waals surface area (Å²) in [7, 11) is -3.98. The Morgan fingerprint density at radius 3 is 2.58 bits per heavy atom. The number of nitrogens with zero attached hydrogens (tertiary/aromatic N) is 1. The van der Waals surface area contributed by atoms with Crippen LogP contribution in [-0.4, -0.2) is 31.1 Å². The third-order valence-electron chi connectivity index (χ3n) is 3.64. The van der Waals surface area contributed by atoms with Gasteiger partial charge in [-0.1, -0.05) is 28.1 Å². The quantitative estimate of drug-likeness (QED) is 0.845. The summed E-state index contributed by atoms with van der Waals surface area (Å²) in [5, 5.41) is 2.60. The lowest BCUT2D eigenvalue weighted by Gasteiger charge is -2.15. The zero-order valence-corrected chi connectivity index (χ0v) is 15.0. The van der Waals surface area contributed by atoms with Gasteiger partial charge >= 0.3 is 0 Å². The van der Waals surface area contributed by atoms with Crippen LogP contribution in [0.3, 0.4) is 0 Å². The number of hydrogen-bond donors (Lipinski definition) is 1. The first-order valence-corrected chi connectivity index (χ1v) is 9.26. The second-order valence-corrected chi connectivity index (χ2v) is 8.01. The third-order valence-corrected chi connectivity index (χ3v) is 6.32. The first kappa shape index (κ1) is 16.7. The van der Waals surface area contributed by atoms with Crippen molar-refractivity contribution in [1.82, 2.24) is 4.31 Å². The van der Waals surface area contributed by atoms with Crippen molar-refractivity contribution >= 4 is 43.5 Å². The zero-order valence-electron chi connectivity index (χ0n) is 12.6. The number of benzene rings is 2. The first-order valence-electron chi connectivity index (χ1n) is 7.03. The first-order chi connectivity index (χ1) is 11.3. The monoisotopic (exact) mass is 408 g/mol. The van der Waals surface area contributed by atoms with Gasteiger partial charge in [0.1, 0.15) is 11.4 Å². The van der Waals surface area contributed by atoms with E-state index in [4.69, 9.17) is 0 Å². The molecule has 24 heavy (non-hydrogen) atoms. The van der Waals surface area contributed by atoms with Crippen LogP contribution in [0.2, 0.25) is 0 Å². The lowest BCUT2D eigenvalue weighted by molar-refractivity contribution is -0.116. The average molecular weight is 409 g/mol. The summed E-state index contributed by atoms with van der Waals surface area (Å²) < 4.78 is 26.3. The summed E-state index contributed by atoms with van der Waals surface area (Å²) in [6, 6.07) is 11.1. The molecule has 0 unspecified atom stereocenters. The number of amides is 2. The zero-order chi connectivity index (χ0) is 17.5. The van der Waals surface area contributed by atoms with Crippen LogP contribution in [0.15, 0.2) is 51.8 Å². The van der Waals surface area contributed by atoms with Crippen LogP contribution in [0.1, 0.15) is 15.9 Å². The van der Waals surface area contributed by atoms with Crippen molar-refractivity contribution in [2.24, 2.45) is 0 Å². The second kappa shape index (κ2) is 6.03. The molecule has 0 atom stereocenters. The molecule has 6 nitrogen and oxygen atoms in total. The van der Waals surface area contributed by atoms with Gasteiger partial charge in [-0.25, -0.2) is 12.7 Å². The minimum Gasteiger partial charge on any atom is -0.325 e. The molecule has 1 aliphatic rings. The van der Waals surface area contributed by atoms with Crippen LogP contribution < -0.4 is 5.32 Å². The van der Waals surface area contributed by atoms with E-state index in [0.29, 0.717) is 9.99 Å². The van der Waals surface area contributed by atoms with Gasteiger partial charge in [-0.05, 0) is 42.8 Å². The Morgan fingerprint density at radius 1 is 1.21 bits per heavy atom. The smallest absolute Gasteiger partial charge is 0.269 e. The molecule has 1 aliphatic heterocycles. The van der Waals surface area contributed by atoms with E-state index in [2.05, 4.69) is 21.2 Å². The third kappa shape index (κ3) is 2.83. The molecule has 0 fully saturated rings. The minimum absolute atomic E-state index is 0.0673. The van der Waals surface area contributed by atoms with E-state index in [0.717, 1.165) is 10.0 Å². The number of carbonyl (C=O) groups excluding carboxylic acids is 2. The number of sulfonamides is 1. The molecule has 2 amide bonds. The molecule has 0 radical (unpaired) electrons. The van der Waals surface area contributed by atoms with Crippen molar-refractivity contribution in [3.8, 4) is 0 Å². The average Bonchev–Trinajstić information content (AvgIpc) is 2.73. The molecule has 124 valence electrons. The van der Waals surface area contributed by atoms with Crippen molar-refractivity contribution in [1.29, 1.82) is 0 Å². The van der Waals surface area contributed by atoms with Crippen LogP contribution in [0.5, 0.6) is 0 Å². The van der Waals surface area contributed by atoms with Crippen molar-refractivity contribution in [3.05, 3.63) is 58.1 Å². The summed E-state index contributed by atoms with van der Waals surface area (Å²) in [6.07, 6.45) is 0. The van der Waals surface area contributed by atoms with Crippen LogP contribution >= 0.6 is 15.9 Å². The summed E-state index contributed by atoms with van der Waals surface area (Å²) in [5.41, 5.74) is 1.54. The van der Waals surface area contributed by atoms with Gasteiger partial charge in [-0.2, -0.15) is 0 Å². The van der Waals surface area contributed by atoms with Crippen molar-refractivity contribution in [3.63, 3.8) is 0 Å². The number of aryl methyl sites for hydroxylation is 1. The number of rotatable bonds is 3. The Bertz CT molecular complexity index is 956. The predicted octanol–water partition coefficient (Wildman–Crippen LogP) is 2.54. The molecule has 1 heterocycles. The summed E-state index contributed by atoms with van der Waals surface area (Å²) >= 11 is 3.36. The number of fused-ring (bicyclic) bond motifs is 1. The van der Waals surface area contributed by atoms with Gasteiger partial charge in [-0.3, -0.25) is 9.59 Å². The fourth-order valence-corrected chi connectivity index (χ4v) is 4.21. The lowest BCUT2D eigenvalue weighted by atomic mass is 10.2. The van der Waals surface area contributed by atoms with Gasteiger partial charge in [0.25, 0.3) is 15.9 Å². The van der Waals surface area contributed by atoms with Gasteiger partial charge < -0.3 is 5.32 Å². The number of halogens is 1. The van der Waals surface area contributed by atoms with Crippen molar-refractivity contribution in [2.45, 2.75) is 11.8 Å². The standard InChI is InChI=1S/C16H13BrN2O4S/c1-10-8-11(6-7-13(10)17)18-15(20)9-19-16(21)12-4-2-3-5-14(12)24(19,22)23/h2-8H,9H2,1H3,(H,18,20). The van der Waals surface area contributed by atoms with Crippen molar-refractivity contribution < 1.29 is 18.0 Å². The van der Waals surface area contributed by atoms with Crippen LogP contribution in [0.4, 0.5) is 5.69 Å². The maximum atomic E-state index is 12.4. The van der Waals surface area contributed by atoms with Gasteiger partial charge in [0.05, 0.1) is 5.56 Å². The maximum Gasteiger partial charge on any atom is 0.269 e. The van der Waals surface area contributed by atoms with Gasteiger partial charge in [0.2, 0.25) is 5.91 Å². The number of hydrogen-bond acceptors (Lipinski definition) is 4. The molecule has 3 rings (SSSR count). The van der Waals surface area contributed by atoms with E-state index >= 15 is 0 Å². The van der Waals surface area contributed by atoms with Crippen LogP contribution in [-0.2, 0) is 14.8 Å². The van der Waals surface area contributed by atoms with Gasteiger partial charge in [0.15, 0.2) is 0 Å². The maximum absolute atomic E-state index is 12.4. The summed E-state index contributed by atoms with van der Waals surface area (Å²) in [5.74, 6) is -1.27. The minimum atomic E-state index is -3.98.